The zero-order valence-corrected chi connectivity index (χ0v) is 16.3. The molecule has 2 aromatic carbocycles. The van der Waals surface area contributed by atoms with Gasteiger partial charge in [-0.15, -0.1) is 11.3 Å². The van der Waals surface area contributed by atoms with Crippen molar-refractivity contribution in [1.82, 2.24) is 9.97 Å². The van der Waals surface area contributed by atoms with Gasteiger partial charge in [0.2, 0.25) is 0 Å². The van der Waals surface area contributed by atoms with E-state index in [0.29, 0.717) is 10.7 Å². The Hall–Kier alpha value is -2.83. The lowest BCUT2D eigenvalue weighted by atomic mass is 10.0. The molecule has 1 atom stereocenters. The molecule has 0 N–H and O–H groups in total. The fourth-order valence-electron chi connectivity index (χ4n) is 2.85. The van der Waals surface area contributed by atoms with E-state index in [0.717, 1.165) is 21.6 Å². The van der Waals surface area contributed by atoms with Crippen LogP contribution >= 0.6 is 11.3 Å². The van der Waals surface area contributed by atoms with E-state index in [1.54, 1.807) is 24.2 Å². The van der Waals surface area contributed by atoms with Crippen LogP contribution in [0.4, 0.5) is 5.82 Å². The van der Waals surface area contributed by atoms with Crippen LogP contribution in [-0.2, 0) is 9.73 Å². The molecule has 0 saturated heterocycles. The predicted molar refractivity (Wildman–Crippen MR) is 112 cm³/mol. The van der Waals surface area contributed by atoms with Crippen LogP contribution in [-0.4, -0.2) is 20.4 Å². The quantitative estimate of drug-likeness (QED) is 0.451. The molecule has 0 fully saturated rings. The van der Waals surface area contributed by atoms with Crippen molar-refractivity contribution in [2.75, 3.05) is 6.26 Å². The lowest BCUT2D eigenvalue weighted by Gasteiger charge is -2.12. The molecule has 4 rings (SSSR count). The third-order valence-corrected chi connectivity index (χ3v) is 6.59. The number of benzene rings is 2. The maximum Gasteiger partial charge on any atom is 0.171 e. The molecule has 0 saturated carbocycles. The van der Waals surface area contributed by atoms with E-state index in [1.807, 2.05) is 66.7 Å². The molecule has 2 heterocycles. The van der Waals surface area contributed by atoms with Gasteiger partial charge in [-0.2, -0.15) is 4.36 Å². The molecule has 4 nitrogen and oxygen atoms in total. The zero-order chi connectivity index (χ0) is 18.7. The average Bonchev–Trinajstić information content (AvgIpc) is 3.23. The highest BCUT2D eigenvalue weighted by Crippen LogP contribution is 2.40. The topological polar surface area (TPSA) is 55.2 Å². The van der Waals surface area contributed by atoms with Crippen molar-refractivity contribution in [2.24, 2.45) is 4.36 Å². The van der Waals surface area contributed by atoms with E-state index in [9.17, 15) is 4.21 Å². The lowest BCUT2D eigenvalue weighted by molar-refractivity contribution is 0.680. The number of pyridine rings is 1. The first-order valence-corrected chi connectivity index (χ1v) is 11.2. The smallest absolute Gasteiger partial charge is 0.171 e. The van der Waals surface area contributed by atoms with Crippen LogP contribution in [0.3, 0.4) is 0 Å². The van der Waals surface area contributed by atoms with E-state index >= 15 is 0 Å². The third-order valence-electron chi connectivity index (χ3n) is 4.14. The van der Waals surface area contributed by atoms with Crippen LogP contribution in [0.1, 0.15) is 0 Å². The van der Waals surface area contributed by atoms with Crippen molar-refractivity contribution in [1.29, 1.82) is 0 Å². The number of thiazole rings is 1. The van der Waals surface area contributed by atoms with Crippen molar-refractivity contribution in [2.45, 2.75) is 4.90 Å². The normalized spacial score (nSPS) is 13.1. The zero-order valence-electron chi connectivity index (χ0n) is 14.6. The molecule has 0 aliphatic rings. The molecule has 0 radical (unpaired) electrons. The molecule has 27 heavy (non-hydrogen) atoms. The van der Waals surface area contributed by atoms with E-state index in [2.05, 4.69) is 14.3 Å². The van der Waals surface area contributed by atoms with Gasteiger partial charge < -0.3 is 0 Å². The van der Waals surface area contributed by atoms with E-state index in [4.69, 9.17) is 0 Å². The highest BCUT2D eigenvalue weighted by molar-refractivity contribution is 7.93. The predicted octanol–water partition coefficient (Wildman–Crippen LogP) is 5.66. The summed E-state index contributed by atoms with van der Waals surface area (Å²) < 4.78 is 17.9. The Morgan fingerprint density at radius 3 is 2.33 bits per heavy atom. The first kappa shape index (κ1) is 17.6. The largest absolute Gasteiger partial charge is 0.252 e. The van der Waals surface area contributed by atoms with E-state index in [1.165, 1.54) is 11.3 Å². The molecular formula is C21H17N3OS2. The molecule has 0 spiro atoms. The van der Waals surface area contributed by atoms with E-state index < -0.39 is 9.73 Å². The monoisotopic (exact) mass is 391 g/mol. The molecule has 2 aromatic heterocycles. The van der Waals surface area contributed by atoms with Crippen LogP contribution in [0.5, 0.6) is 0 Å². The molecular weight excluding hydrogens is 374 g/mol. The van der Waals surface area contributed by atoms with Gasteiger partial charge in [0, 0.05) is 29.1 Å². The molecule has 0 amide bonds. The van der Waals surface area contributed by atoms with Gasteiger partial charge in [-0.1, -0.05) is 48.5 Å². The first-order chi connectivity index (χ1) is 13.1. The summed E-state index contributed by atoms with van der Waals surface area (Å²) in [6, 6.07) is 21.3. The second-order valence-electron chi connectivity index (χ2n) is 6.00. The van der Waals surface area contributed by atoms with Gasteiger partial charge in [0.1, 0.15) is 0 Å². The molecule has 1 unspecified atom stereocenters. The molecule has 0 bridgehead atoms. The number of nitrogens with zero attached hydrogens (tertiary/aromatic N) is 3. The van der Waals surface area contributed by atoms with Gasteiger partial charge in [-0.3, -0.25) is 4.98 Å². The van der Waals surface area contributed by atoms with Crippen LogP contribution in [0.15, 0.2) is 93.9 Å². The number of rotatable bonds is 4. The Labute approximate surface area is 162 Å². The van der Waals surface area contributed by atoms with Gasteiger partial charge in [0.15, 0.2) is 5.82 Å². The minimum absolute atomic E-state index is 0.469. The minimum Gasteiger partial charge on any atom is -0.252 e. The molecule has 0 aliphatic carbocycles. The van der Waals surface area contributed by atoms with Crippen LogP contribution in [0.25, 0.3) is 21.6 Å². The third kappa shape index (κ3) is 3.67. The summed E-state index contributed by atoms with van der Waals surface area (Å²) in [6.45, 7) is 0. The van der Waals surface area contributed by atoms with E-state index in [-0.39, 0.29) is 0 Å². The van der Waals surface area contributed by atoms with Crippen molar-refractivity contribution >= 4 is 26.9 Å². The van der Waals surface area contributed by atoms with Crippen molar-refractivity contribution < 1.29 is 4.21 Å². The van der Waals surface area contributed by atoms with Crippen molar-refractivity contribution in [3.05, 3.63) is 84.6 Å². The highest BCUT2D eigenvalue weighted by atomic mass is 32.2. The van der Waals surface area contributed by atoms with Crippen molar-refractivity contribution in [3.8, 4) is 21.6 Å². The summed E-state index contributed by atoms with van der Waals surface area (Å²) in [5.74, 6) is 0.469. The van der Waals surface area contributed by atoms with Crippen LogP contribution < -0.4 is 0 Å². The molecule has 6 heteroatoms. The first-order valence-electron chi connectivity index (χ1n) is 8.36. The Morgan fingerprint density at radius 1 is 0.963 bits per heavy atom. The summed E-state index contributed by atoms with van der Waals surface area (Å²) in [7, 11) is -2.63. The van der Waals surface area contributed by atoms with Gasteiger partial charge >= 0.3 is 0 Å². The molecule has 0 aliphatic heterocycles. The second kappa shape index (κ2) is 7.42. The molecule has 4 aromatic rings. The summed E-state index contributed by atoms with van der Waals surface area (Å²) in [4.78, 5) is 10.3. The fraction of sp³-hybridized carbons (Fsp3) is 0.0476. The number of hydrogen-bond donors (Lipinski definition) is 0. The summed E-state index contributed by atoms with van der Waals surface area (Å²) in [5, 5.41) is 0. The Morgan fingerprint density at radius 2 is 1.67 bits per heavy atom. The fourth-order valence-corrected chi connectivity index (χ4v) is 4.76. The summed E-state index contributed by atoms with van der Waals surface area (Å²) >= 11 is 1.52. The van der Waals surface area contributed by atoms with Gasteiger partial charge in [0.05, 0.1) is 20.1 Å². The average molecular weight is 392 g/mol. The Kier molecular flexibility index (Phi) is 4.83. The van der Waals surface area contributed by atoms with Gasteiger partial charge in [-0.05, 0) is 29.3 Å². The minimum atomic E-state index is -2.63. The maximum absolute atomic E-state index is 13.3. The Balaban J connectivity index is 1.97. The SMILES string of the molecule is CS(=O)(=Nc1nccc(-c2ccccc2)c1-c1cncs1)c1ccccc1. The molecule has 134 valence electrons. The maximum atomic E-state index is 13.3. The highest BCUT2D eigenvalue weighted by Gasteiger charge is 2.17. The van der Waals surface area contributed by atoms with Gasteiger partial charge in [0.25, 0.3) is 0 Å². The number of aromatic nitrogens is 2. The summed E-state index contributed by atoms with van der Waals surface area (Å²) in [6.07, 6.45) is 5.16. The van der Waals surface area contributed by atoms with Crippen molar-refractivity contribution in [3.63, 3.8) is 0 Å². The summed E-state index contributed by atoms with van der Waals surface area (Å²) in [5.41, 5.74) is 4.69. The lowest BCUT2D eigenvalue weighted by Crippen LogP contribution is -1.97. The second-order valence-corrected chi connectivity index (χ2v) is 9.14. The number of hydrogen-bond acceptors (Lipinski definition) is 5. The standard InChI is InChI=1S/C21H17N3OS2/c1-27(25,17-10-6-3-7-11-17)24-21-20(19-14-22-15-26-19)18(12-13-23-21)16-8-4-2-5-9-16/h2-15H,1H3. The van der Waals surface area contributed by atoms with Gasteiger partial charge in [-0.25, -0.2) is 9.19 Å². The Bertz CT molecular complexity index is 1160. The van der Waals surface area contributed by atoms with Crippen LogP contribution in [0.2, 0.25) is 0 Å². The van der Waals surface area contributed by atoms with Crippen LogP contribution in [0, 0.1) is 0 Å².